The molecule has 0 heterocycles. The molecule has 0 aliphatic heterocycles. The normalized spacial score (nSPS) is 10.9. The molecule has 0 atom stereocenters. The Bertz CT molecular complexity index is 1590. The molecule has 0 aliphatic rings. The van der Waals surface area contributed by atoms with Gasteiger partial charge in [-0.1, -0.05) is 48.0 Å². The van der Waals surface area contributed by atoms with Crippen LogP contribution in [0.1, 0.15) is 15.9 Å². The number of non-ortho nitro benzene ring substituents is 1. The summed E-state index contributed by atoms with van der Waals surface area (Å²) in [4.78, 5) is 49.5. The van der Waals surface area contributed by atoms with Gasteiger partial charge >= 0.3 is 0 Å². The molecule has 4 aromatic rings. The van der Waals surface area contributed by atoms with Crippen molar-refractivity contribution in [3.05, 3.63) is 135 Å². The van der Waals surface area contributed by atoms with Crippen LogP contribution in [0.4, 0.5) is 17.1 Å². The first-order valence-corrected chi connectivity index (χ1v) is 13.6. The number of hydrogen-bond donors (Lipinski definition) is 3. The molecule has 11 heteroatoms. The second kappa shape index (κ2) is 13.9. The second-order valence-corrected chi connectivity index (χ2v) is 10.0. The Morgan fingerprint density at radius 3 is 2.22 bits per heavy atom. The fourth-order valence-electron chi connectivity index (χ4n) is 3.54. The first-order chi connectivity index (χ1) is 19.8. The summed E-state index contributed by atoms with van der Waals surface area (Å²) in [7, 11) is 0. The van der Waals surface area contributed by atoms with Crippen molar-refractivity contribution in [1.29, 1.82) is 0 Å². The maximum Gasteiger partial charge on any atom is 0.272 e. The van der Waals surface area contributed by atoms with E-state index in [0.29, 0.717) is 27.5 Å². The third-order valence-electron chi connectivity index (χ3n) is 5.53. The first-order valence-electron chi connectivity index (χ1n) is 12.2. The Hall–Kier alpha value is -4.93. The van der Waals surface area contributed by atoms with Crippen molar-refractivity contribution in [2.75, 3.05) is 16.4 Å². The molecule has 0 spiro atoms. The van der Waals surface area contributed by atoms with Crippen LogP contribution in [-0.4, -0.2) is 28.4 Å². The highest BCUT2D eigenvalue weighted by Gasteiger charge is 2.16. The first kappa shape index (κ1) is 29.1. The van der Waals surface area contributed by atoms with Gasteiger partial charge in [-0.15, -0.1) is 11.8 Å². The van der Waals surface area contributed by atoms with Crippen LogP contribution in [-0.2, 0) is 9.59 Å². The van der Waals surface area contributed by atoms with Crippen LogP contribution in [0.5, 0.6) is 0 Å². The quantitative estimate of drug-likeness (QED) is 0.0854. The lowest BCUT2D eigenvalue weighted by atomic mass is 10.1. The summed E-state index contributed by atoms with van der Waals surface area (Å²) < 4.78 is 0. The van der Waals surface area contributed by atoms with Crippen LogP contribution in [0.2, 0.25) is 5.02 Å². The van der Waals surface area contributed by atoms with E-state index >= 15 is 0 Å². The van der Waals surface area contributed by atoms with E-state index in [-0.39, 0.29) is 23.0 Å². The maximum absolute atomic E-state index is 13.3. The number of carbonyl (C=O) groups excluding carboxylic acids is 3. The van der Waals surface area contributed by atoms with Gasteiger partial charge in [0.1, 0.15) is 5.70 Å². The number of nitro groups is 1. The van der Waals surface area contributed by atoms with Crippen molar-refractivity contribution < 1.29 is 19.3 Å². The van der Waals surface area contributed by atoms with E-state index < -0.39 is 16.7 Å². The van der Waals surface area contributed by atoms with Crippen LogP contribution >= 0.6 is 23.4 Å². The van der Waals surface area contributed by atoms with Gasteiger partial charge in [-0.05, 0) is 66.2 Å². The zero-order valence-corrected chi connectivity index (χ0v) is 22.9. The zero-order chi connectivity index (χ0) is 29.2. The van der Waals surface area contributed by atoms with Gasteiger partial charge in [0.15, 0.2) is 0 Å². The van der Waals surface area contributed by atoms with Gasteiger partial charge in [-0.25, -0.2) is 0 Å². The van der Waals surface area contributed by atoms with E-state index in [2.05, 4.69) is 16.0 Å². The molecular weight excluding hydrogens is 564 g/mol. The molecule has 9 nitrogen and oxygen atoms in total. The summed E-state index contributed by atoms with van der Waals surface area (Å²) in [6.07, 6.45) is 1.55. The van der Waals surface area contributed by atoms with Crippen LogP contribution < -0.4 is 16.0 Å². The molecule has 206 valence electrons. The minimum Gasteiger partial charge on any atom is -0.325 e. The third kappa shape index (κ3) is 8.79. The topological polar surface area (TPSA) is 130 Å². The molecule has 0 bridgehead atoms. The molecule has 0 saturated heterocycles. The molecular formula is C30H23ClN4O5S. The fraction of sp³-hybridized carbons (Fsp3) is 0.0333. The second-order valence-electron chi connectivity index (χ2n) is 8.55. The van der Waals surface area contributed by atoms with Crippen molar-refractivity contribution in [2.24, 2.45) is 0 Å². The van der Waals surface area contributed by atoms with Crippen molar-refractivity contribution in [3.63, 3.8) is 0 Å². The van der Waals surface area contributed by atoms with Gasteiger partial charge < -0.3 is 16.0 Å². The predicted molar refractivity (Wildman–Crippen MR) is 161 cm³/mol. The van der Waals surface area contributed by atoms with Gasteiger partial charge in [0.2, 0.25) is 5.91 Å². The predicted octanol–water partition coefficient (Wildman–Crippen LogP) is 6.39. The van der Waals surface area contributed by atoms with Crippen LogP contribution in [0.3, 0.4) is 0 Å². The van der Waals surface area contributed by atoms with Gasteiger partial charge in [0, 0.05) is 39.0 Å². The standard InChI is InChI=1S/C30H23ClN4O5S/c31-22-11-9-20(10-12-22)17-27(34-29(37)21-5-2-1-3-6-21)30(38)33-24-7-4-8-26(18-24)41-19-28(36)32-23-13-15-25(16-14-23)35(39)40/h1-18H,19H2,(H,32,36)(H,33,38)(H,34,37)/b27-17-. The average molecular weight is 587 g/mol. The van der Waals surface area contributed by atoms with E-state index in [9.17, 15) is 24.5 Å². The van der Waals surface area contributed by atoms with Crippen molar-refractivity contribution >= 4 is 64.2 Å². The number of nitrogens with one attached hydrogen (secondary N) is 3. The number of thioether (sulfide) groups is 1. The Labute approximate surface area is 244 Å². The number of carbonyl (C=O) groups is 3. The lowest BCUT2D eigenvalue weighted by molar-refractivity contribution is -0.384. The minimum atomic E-state index is -0.540. The molecule has 0 radical (unpaired) electrons. The summed E-state index contributed by atoms with van der Waals surface area (Å²) in [5, 5.41) is 19.5. The van der Waals surface area contributed by atoms with E-state index in [1.54, 1.807) is 84.9 Å². The monoisotopic (exact) mass is 586 g/mol. The third-order valence-corrected chi connectivity index (χ3v) is 6.78. The SMILES string of the molecule is O=C(CSc1cccc(NC(=O)/C(=C/c2ccc(Cl)cc2)NC(=O)c2ccccc2)c1)Nc1ccc([N+](=O)[O-])cc1. The summed E-state index contributed by atoms with van der Waals surface area (Å²) in [6, 6.07) is 27.8. The Balaban J connectivity index is 1.42. The fourth-order valence-corrected chi connectivity index (χ4v) is 4.42. The highest BCUT2D eigenvalue weighted by Crippen LogP contribution is 2.23. The smallest absolute Gasteiger partial charge is 0.272 e. The summed E-state index contributed by atoms with van der Waals surface area (Å²) >= 11 is 7.23. The minimum absolute atomic E-state index is 0.0294. The van der Waals surface area contributed by atoms with E-state index in [4.69, 9.17) is 11.6 Å². The average Bonchev–Trinajstić information content (AvgIpc) is 2.97. The maximum atomic E-state index is 13.3. The van der Waals surface area contributed by atoms with Crippen molar-refractivity contribution in [3.8, 4) is 0 Å². The summed E-state index contributed by atoms with van der Waals surface area (Å²) in [6.45, 7) is 0. The lowest BCUT2D eigenvalue weighted by Gasteiger charge is -2.12. The molecule has 4 aromatic carbocycles. The number of benzene rings is 4. The van der Waals surface area contributed by atoms with Crippen molar-refractivity contribution in [1.82, 2.24) is 5.32 Å². The number of rotatable bonds is 10. The molecule has 0 saturated carbocycles. The van der Waals surface area contributed by atoms with E-state index in [0.717, 1.165) is 4.90 Å². The molecule has 0 aromatic heterocycles. The van der Waals surface area contributed by atoms with Crippen molar-refractivity contribution in [2.45, 2.75) is 4.90 Å². The highest BCUT2D eigenvalue weighted by molar-refractivity contribution is 8.00. The van der Waals surface area contributed by atoms with Gasteiger partial charge in [-0.3, -0.25) is 24.5 Å². The Kier molecular flexibility index (Phi) is 9.87. The molecule has 3 amide bonds. The molecule has 0 fully saturated rings. The molecule has 4 rings (SSSR count). The zero-order valence-electron chi connectivity index (χ0n) is 21.4. The van der Waals surface area contributed by atoms with Gasteiger partial charge in [-0.2, -0.15) is 0 Å². The number of hydrogen-bond acceptors (Lipinski definition) is 6. The van der Waals surface area contributed by atoms with Crippen LogP contribution in [0.25, 0.3) is 6.08 Å². The van der Waals surface area contributed by atoms with Crippen LogP contribution in [0, 0.1) is 10.1 Å². The Morgan fingerprint density at radius 2 is 1.54 bits per heavy atom. The number of halogens is 1. The number of anilines is 2. The number of nitrogens with zero attached hydrogens (tertiary/aromatic N) is 1. The van der Waals surface area contributed by atoms with E-state index in [1.165, 1.54) is 36.0 Å². The number of nitro benzene ring substituents is 1. The highest BCUT2D eigenvalue weighted by atomic mass is 35.5. The molecule has 3 N–H and O–H groups in total. The van der Waals surface area contributed by atoms with Gasteiger partial charge in [0.05, 0.1) is 10.7 Å². The summed E-state index contributed by atoms with van der Waals surface area (Å²) in [5.74, 6) is -1.20. The van der Waals surface area contributed by atoms with E-state index in [1.807, 2.05) is 0 Å². The molecule has 0 aliphatic carbocycles. The molecule has 0 unspecified atom stereocenters. The lowest BCUT2D eigenvalue weighted by Crippen LogP contribution is -2.30. The molecule has 41 heavy (non-hydrogen) atoms. The summed E-state index contributed by atoms with van der Waals surface area (Å²) in [5.41, 5.74) is 1.93. The van der Waals surface area contributed by atoms with Gasteiger partial charge in [0.25, 0.3) is 17.5 Å². The largest absolute Gasteiger partial charge is 0.325 e. The number of amides is 3. The van der Waals surface area contributed by atoms with Crippen LogP contribution in [0.15, 0.2) is 114 Å². The Morgan fingerprint density at radius 1 is 0.829 bits per heavy atom.